The Morgan fingerprint density at radius 1 is 0.976 bits per heavy atom. The minimum atomic E-state index is -0.533. The van der Waals surface area contributed by atoms with Crippen molar-refractivity contribution in [3.8, 4) is 0 Å². The van der Waals surface area contributed by atoms with Crippen LogP contribution in [0.2, 0.25) is 0 Å². The fourth-order valence-electron chi connectivity index (χ4n) is 6.58. The number of nitrogens with one attached hydrogen (secondary N) is 2. The zero-order chi connectivity index (χ0) is 30.3. The summed E-state index contributed by atoms with van der Waals surface area (Å²) in [4.78, 5) is 44.1. The van der Waals surface area contributed by atoms with E-state index < -0.39 is 5.60 Å². The Kier molecular flexibility index (Phi) is 8.14. The van der Waals surface area contributed by atoms with Crippen LogP contribution in [0.4, 0.5) is 21.9 Å². The number of nitrogens with zero attached hydrogens (tertiary/aromatic N) is 3. The molecule has 4 unspecified atom stereocenters. The highest BCUT2D eigenvalue weighted by atomic mass is 16.6. The molecule has 2 aromatic rings. The molecule has 226 valence electrons. The van der Waals surface area contributed by atoms with Crippen LogP contribution < -0.4 is 20.4 Å². The smallest absolute Gasteiger partial charge is 0.410 e. The van der Waals surface area contributed by atoms with E-state index in [4.69, 9.17) is 4.74 Å². The largest absolute Gasteiger partial charge is 0.444 e. The molecular formula is C33H45N5O4. The van der Waals surface area contributed by atoms with Crippen molar-refractivity contribution < 1.29 is 19.1 Å². The van der Waals surface area contributed by atoms with Gasteiger partial charge < -0.3 is 30.1 Å². The number of benzene rings is 2. The van der Waals surface area contributed by atoms with E-state index in [0.717, 1.165) is 35.5 Å². The number of rotatable bonds is 5. The predicted molar refractivity (Wildman–Crippen MR) is 166 cm³/mol. The average Bonchev–Trinajstić information content (AvgIpc) is 3.78. The van der Waals surface area contributed by atoms with Gasteiger partial charge in [0.2, 0.25) is 5.91 Å². The van der Waals surface area contributed by atoms with Crippen LogP contribution in [-0.4, -0.2) is 67.2 Å². The van der Waals surface area contributed by atoms with Crippen molar-refractivity contribution in [2.75, 3.05) is 41.8 Å². The van der Waals surface area contributed by atoms with Gasteiger partial charge in [-0.2, -0.15) is 0 Å². The van der Waals surface area contributed by atoms with Crippen molar-refractivity contribution >= 4 is 35.0 Å². The summed E-state index contributed by atoms with van der Waals surface area (Å²) in [6.07, 6.45) is 2.00. The van der Waals surface area contributed by atoms with Crippen LogP contribution in [0.3, 0.4) is 0 Å². The van der Waals surface area contributed by atoms with Gasteiger partial charge in [0, 0.05) is 79.8 Å². The molecule has 0 radical (unpaired) electrons. The first-order chi connectivity index (χ1) is 19.9. The molecule has 2 fully saturated rings. The lowest BCUT2D eigenvalue weighted by Crippen LogP contribution is -2.55. The highest BCUT2D eigenvalue weighted by molar-refractivity contribution is 5.95. The third-order valence-electron chi connectivity index (χ3n) is 8.73. The van der Waals surface area contributed by atoms with Gasteiger partial charge >= 0.3 is 6.09 Å². The van der Waals surface area contributed by atoms with Crippen LogP contribution in [0, 0.1) is 11.8 Å². The molecule has 3 amide bonds. The maximum Gasteiger partial charge on any atom is 0.410 e. The summed E-state index contributed by atoms with van der Waals surface area (Å²) in [5, 5.41) is 6.44. The molecule has 1 saturated heterocycles. The number of fused-ring (bicyclic) bond motifs is 1. The van der Waals surface area contributed by atoms with E-state index in [2.05, 4.69) is 47.6 Å². The molecule has 4 atom stereocenters. The summed E-state index contributed by atoms with van der Waals surface area (Å²) in [5.74, 6) is 0.624. The summed E-state index contributed by atoms with van der Waals surface area (Å²) >= 11 is 0. The van der Waals surface area contributed by atoms with Gasteiger partial charge in [-0.15, -0.1) is 0 Å². The van der Waals surface area contributed by atoms with Crippen molar-refractivity contribution in [2.24, 2.45) is 11.8 Å². The molecule has 0 aromatic heterocycles. The first kappa shape index (κ1) is 29.7. The molecule has 1 saturated carbocycles. The van der Waals surface area contributed by atoms with Gasteiger partial charge in [-0.05, 0) is 88.9 Å². The Bertz CT molecular complexity index is 1330. The fraction of sp³-hybridized carbons (Fsp3) is 0.545. The molecule has 2 aromatic carbocycles. The maximum atomic E-state index is 13.1. The van der Waals surface area contributed by atoms with Gasteiger partial charge in [0.05, 0.1) is 6.04 Å². The summed E-state index contributed by atoms with van der Waals surface area (Å²) in [6, 6.07) is 14.1. The molecule has 1 aliphatic carbocycles. The Hall–Kier alpha value is -3.75. The average molecular weight is 576 g/mol. The summed E-state index contributed by atoms with van der Waals surface area (Å²) < 4.78 is 5.64. The predicted octanol–water partition coefficient (Wildman–Crippen LogP) is 5.43. The topological polar surface area (TPSA) is 94.2 Å². The molecule has 0 spiro atoms. The number of anilines is 3. The van der Waals surface area contributed by atoms with E-state index in [1.54, 1.807) is 14.0 Å². The molecule has 2 heterocycles. The highest BCUT2D eigenvalue weighted by Gasteiger charge is 2.47. The zero-order valence-electron chi connectivity index (χ0n) is 25.9. The number of piperazine rings is 1. The molecule has 3 aliphatic rings. The van der Waals surface area contributed by atoms with Crippen LogP contribution in [0.5, 0.6) is 0 Å². The SMILES string of the molecule is CNC(=O)c1ccc(NC2c3cc(N4CCN(C(=O)OC(C)(C)C)C(C)C4)ccc3N(C(C)=O)C(C3CC3)C2C)cc1. The minimum absolute atomic E-state index is 0.00993. The van der Waals surface area contributed by atoms with Crippen LogP contribution in [-0.2, 0) is 9.53 Å². The molecular weight excluding hydrogens is 530 g/mol. The van der Waals surface area contributed by atoms with Crippen LogP contribution >= 0.6 is 0 Å². The molecule has 2 aliphatic heterocycles. The lowest BCUT2D eigenvalue weighted by atomic mass is 9.79. The van der Waals surface area contributed by atoms with Gasteiger partial charge in [-0.1, -0.05) is 6.92 Å². The number of hydrogen-bond donors (Lipinski definition) is 2. The van der Waals surface area contributed by atoms with Gasteiger partial charge in [-0.25, -0.2) is 4.79 Å². The van der Waals surface area contributed by atoms with Gasteiger partial charge in [0.25, 0.3) is 5.91 Å². The number of ether oxygens (including phenoxy) is 1. The minimum Gasteiger partial charge on any atom is -0.444 e. The first-order valence-corrected chi connectivity index (χ1v) is 15.1. The first-order valence-electron chi connectivity index (χ1n) is 15.1. The molecule has 0 bridgehead atoms. The second kappa shape index (κ2) is 11.5. The van der Waals surface area contributed by atoms with E-state index in [-0.39, 0.29) is 42.0 Å². The standard InChI is InChI=1S/C33H45N5O4/c1-20-19-36(16-17-37(20)32(41)42-33(4,5)6)26-14-15-28-27(18-26)29(21(2)30(23-8-9-23)38(28)22(3)39)35-25-12-10-24(11-13-25)31(40)34-7/h10-15,18,20-21,23,29-30,35H,8-9,16-17,19H2,1-7H3,(H,34,40). The summed E-state index contributed by atoms with van der Waals surface area (Å²) in [6.45, 7) is 13.6. The van der Waals surface area contributed by atoms with E-state index in [9.17, 15) is 14.4 Å². The second-order valence-electron chi connectivity index (χ2n) is 13.1. The Labute approximate surface area is 249 Å². The molecule has 2 N–H and O–H groups in total. The zero-order valence-corrected chi connectivity index (χ0v) is 25.9. The Morgan fingerprint density at radius 3 is 2.24 bits per heavy atom. The van der Waals surface area contributed by atoms with Gasteiger partial charge in [-0.3, -0.25) is 9.59 Å². The number of carbonyl (C=O) groups is 3. The maximum absolute atomic E-state index is 13.1. The van der Waals surface area contributed by atoms with Crippen molar-refractivity contribution in [2.45, 2.75) is 78.1 Å². The number of carbonyl (C=O) groups excluding carboxylic acids is 3. The number of hydrogen-bond acceptors (Lipinski definition) is 6. The van der Waals surface area contributed by atoms with Crippen molar-refractivity contribution in [3.63, 3.8) is 0 Å². The summed E-state index contributed by atoms with van der Waals surface area (Å²) in [7, 11) is 1.63. The van der Waals surface area contributed by atoms with Crippen LogP contribution in [0.1, 0.15) is 76.3 Å². The third-order valence-corrected chi connectivity index (χ3v) is 8.73. The highest BCUT2D eigenvalue weighted by Crippen LogP contribution is 2.50. The van der Waals surface area contributed by atoms with Crippen molar-refractivity contribution in [1.29, 1.82) is 0 Å². The van der Waals surface area contributed by atoms with E-state index in [0.29, 0.717) is 31.1 Å². The quantitative estimate of drug-likeness (QED) is 0.494. The normalized spacial score (nSPS) is 24.1. The van der Waals surface area contributed by atoms with Crippen LogP contribution in [0.25, 0.3) is 0 Å². The van der Waals surface area contributed by atoms with Gasteiger partial charge in [0.15, 0.2) is 0 Å². The Morgan fingerprint density at radius 2 is 1.67 bits per heavy atom. The molecule has 42 heavy (non-hydrogen) atoms. The van der Waals surface area contributed by atoms with Crippen LogP contribution in [0.15, 0.2) is 42.5 Å². The van der Waals surface area contributed by atoms with E-state index in [1.165, 1.54) is 0 Å². The van der Waals surface area contributed by atoms with E-state index in [1.807, 2.05) is 54.8 Å². The lowest BCUT2D eigenvalue weighted by molar-refractivity contribution is -0.117. The second-order valence-corrected chi connectivity index (χ2v) is 13.1. The third kappa shape index (κ3) is 6.05. The summed E-state index contributed by atoms with van der Waals surface area (Å²) in [5.41, 5.74) is 4.13. The lowest BCUT2D eigenvalue weighted by Gasteiger charge is -2.47. The Balaban J connectivity index is 1.45. The van der Waals surface area contributed by atoms with Crippen molar-refractivity contribution in [1.82, 2.24) is 10.2 Å². The monoisotopic (exact) mass is 575 g/mol. The molecule has 5 rings (SSSR count). The molecule has 9 nitrogen and oxygen atoms in total. The van der Waals surface area contributed by atoms with Crippen molar-refractivity contribution in [3.05, 3.63) is 53.6 Å². The molecule has 9 heteroatoms. The fourth-order valence-corrected chi connectivity index (χ4v) is 6.58. The van der Waals surface area contributed by atoms with E-state index >= 15 is 0 Å². The number of amides is 3. The van der Waals surface area contributed by atoms with Gasteiger partial charge in [0.1, 0.15) is 5.60 Å².